The summed E-state index contributed by atoms with van der Waals surface area (Å²) in [5.41, 5.74) is 1.09. The SMILES string of the molecule is Cc1ccc(S(=O)(=O)N2[C@@H]3CCCCCC[C@H]32)cc1. The van der Waals surface area contributed by atoms with Crippen molar-refractivity contribution >= 4 is 10.0 Å². The van der Waals surface area contributed by atoms with Crippen molar-refractivity contribution in [3.05, 3.63) is 29.8 Å². The second kappa shape index (κ2) is 4.91. The summed E-state index contributed by atoms with van der Waals surface area (Å²) in [6.45, 7) is 1.97. The number of fused-ring (bicyclic) bond motifs is 1. The van der Waals surface area contributed by atoms with Gasteiger partial charge in [0.15, 0.2) is 0 Å². The van der Waals surface area contributed by atoms with Gasteiger partial charge in [-0.3, -0.25) is 0 Å². The molecule has 3 rings (SSSR count). The molecule has 1 heterocycles. The van der Waals surface area contributed by atoms with Crippen molar-refractivity contribution in [2.45, 2.75) is 62.4 Å². The lowest BCUT2D eigenvalue weighted by atomic mass is 10.0. The summed E-state index contributed by atoms with van der Waals surface area (Å²) in [5, 5.41) is 0. The van der Waals surface area contributed by atoms with Gasteiger partial charge < -0.3 is 0 Å². The zero-order chi connectivity index (χ0) is 13.5. The van der Waals surface area contributed by atoms with Crippen LogP contribution in [0.15, 0.2) is 29.2 Å². The predicted octanol–water partition coefficient (Wildman–Crippen LogP) is 3.09. The maximum absolute atomic E-state index is 12.6. The highest BCUT2D eigenvalue weighted by atomic mass is 32.2. The van der Waals surface area contributed by atoms with Crippen LogP contribution in [0.2, 0.25) is 0 Å². The molecule has 2 aliphatic rings. The summed E-state index contributed by atoms with van der Waals surface area (Å²) < 4.78 is 27.0. The van der Waals surface area contributed by atoms with Gasteiger partial charge in [-0.2, -0.15) is 4.31 Å². The Morgan fingerprint density at radius 3 is 2.00 bits per heavy atom. The summed E-state index contributed by atoms with van der Waals surface area (Å²) in [6.07, 6.45) is 6.91. The average molecular weight is 279 g/mol. The first-order chi connectivity index (χ1) is 9.10. The number of hydrogen-bond acceptors (Lipinski definition) is 2. The fourth-order valence-electron chi connectivity index (χ4n) is 3.20. The fraction of sp³-hybridized carbons (Fsp3) is 0.600. The van der Waals surface area contributed by atoms with Crippen LogP contribution < -0.4 is 0 Å². The maximum Gasteiger partial charge on any atom is 0.243 e. The van der Waals surface area contributed by atoms with E-state index in [1.807, 2.05) is 19.1 Å². The molecular weight excluding hydrogens is 258 g/mol. The Morgan fingerprint density at radius 2 is 1.47 bits per heavy atom. The Bertz CT molecular complexity index is 536. The van der Waals surface area contributed by atoms with Crippen LogP contribution in [0.5, 0.6) is 0 Å². The molecule has 4 heteroatoms. The molecular formula is C15H21NO2S. The molecule has 1 saturated carbocycles. The topological polar surface area (TPSA) is 37.1 Å². The van der Waals surface area contributed by atoms with E-state index < -0.39 is 10.0 Å². The van der Waals surface area contributed by atoms with Crippen molar-refractivity contribution in [1.82, 2.24) is 4.31 Å². The van der Waals surface area contributed by atoms with Crippen molar-refractivity contribution < 1.29 is 8.42 Å². The molecule has 2 fully saturated rings. The fourth-order valence-corrected chi connectivity index (χ4v) is 5.07. The maximum atomic E-state index is 12.6. The molecule has 0 spiro atoms. The van der Waals surface area contributed by atoms with Crippen LogP contribution in [0.4, 0.5) is 0 Å². The Balaban J connectivity index is 1.83. The van der Waals surface area contributed by atoms with E-state index in [-0.39, 0.29) is 12.1 Å². The van der Waals surface area contributed by atoms with Gasteiger partial charge in [-0.05, 0) is 31.9 Å². The van der Waals surface area contributed by atoms with E-state index in [0.29, 0.717) is 4.90 Å². The normalized spacial score (nSPS) is 31.1. The lowest BCUT2D eigenvalue weighted by molar-refractivity contribution is 0.538. The number of nitrogens with zero attached hydrogens (tertiary/aromatic N) is 1. The number of benzene rings is 1. The largest absolute Gasteiger partial charge is 0.243 e. The minimum Gasteiger partial charge on any atom is -0.207 e. The van der Waals surface area contributed by atoms with Gasteiger partial charge in [0.1, 0.15) is 0 Å². The predicted molar refractivity (Wildman–Crippen MR) is 75.5 cm³/mol. The van der Waals surface area contributed by atoms with Crippen LogP contribution in [0, 0.1) is 6.92 Å². The average Bonchev–Trinajstić information content (AvgIpc) is 3.02. The molecule has 19 heavy (non-hydrogen) atoms. The molecule has 0 aromatic heterocycles. The Labute approximate surface area is 115 Å². The summed E-state index contributed by atoms with van der Waals surface area (Å²) >= 11 is 0. The van der Waals surface area contributed by atoms with Gasteiger partial charge in [0.2, 0.25) is 10.0 Å². The Morgan fingerprint density at radius 1 is 0.947 bits per heavy atom. The first-order valence-electron chi connectivity index (χ1n) is 7.21. The van der Waals surface area contributed by atoms with E-state index in [9.17, 15) is 8.42 Å². The highest BCUT2D eigenvalue weighted by Gasteiger charge is 2.54. The Hall–Kier alpha value is -0.870. The third-order valence-corrected chi connectivity index (χ3v) is 6.32. The van der Waals surface area contributed by atoms with Gasteiger partial charge in [-0.1, -0.05) is 43.4 Å². The van der Waals surface area contributed by atoms with Crippen molar-refractivity contribution in [2.75, 3.05) is 0 Å². The molecule has 104 valence electrons. The number of hydrogen-bond donors (Lipinski definition) is 0. The van der Waals surface area contributed by atoms with E-state index in [1.165, 1.54) is 25.7 Å². The van der Waals surface area contributed by atoms with E-state index in [0.717, 1.165) is 18.4 Å². The van der Waals surface area contributed by atoms with Gasteiger partial charge in [0, 0.05) is 12.1 Å². The van der Waals surface area contributed by atoms with Gasteiger partial charge >= 0.3 is 0 Å². The first-order valence-corrected chi connectivity index (χ1v) is 8.65. The van der Waals surface area contributed by atoms with Crippen LogP contribution in [0.25, 0.3) is 0 Å². The molecule has 3 nitrogen and oxygen atoms in total. The van der Waals surface area contributed by atoms with E-state index in [4.69, 9.17) is 0 Å². The van der Waals surface area contributed by atoms with Crippen LogP contribution >= 0.6 is 0 Å². The molecule has 1 aliphatic carbocycles. The zero-order valence-corrected chi connectivity index (χ0v) is 12.2. The summed E-state index contributed by atoms with van der Waals surface area (Å²) in [7, 11) is -3.26. The number of aryl methyl sites for hydroxylation is 1. The highest BCUT2D eigenvalue weighted by molar-refractivity contribution is 7.89. The number of rotatable bonds is 2. The molecule has 1 aliphatic heterocycles. The first kappa shape index (κ1) is 13.1. The smallest absolute Gasteiger partial charge is 0.207 e. The highest BCUT2D eigenvalue weighted by Crippen LogP contribution is 2.42. The Kier molecular flexibility index (Phi) is 3.39. The lowest BCUT2D eigenvalue weighted by Gasteiger charge is -2.07. The van der Waals surface area contributed by atoms with E-state index in [1.54, 1.807) is 16.4 Å². The van der Waals surface area contributed by atoms with Crippen molar-refractivity contribution in [3.63, 3.8) is 0 Å². The monoisotopic (exact) mass is 279 g/mol. The molecule has 0 radical (unpaired) electrons. The third kappa shape index (κ3) is 2.43. The van der Waals surface area contributed by atoms with Crippen LogP contribution in [-0.2, 0) is 10.0 Å². The minimum atomic E-state index is -3.26. The van der Waals surface area contributed by atoms with Crippen LogP contribution in [0.1, 0.15) is 44.1 Å². The van der Waals surface area contributed by atoms with Crippen molar-refractivity contribution in [3.8, 4) is 0 Å². The molecule has 1 saturated heterocycles. The standard InChI is InChI=1S/C15H21NO2S/c1-12-8-10-13(11-9-12)19(17,18)16-14-6-4-2-3-5-7-15(14)16/h8-11,14-15H,2-7H2,1H3/t14-,15-/m1/s1. The van der Waals surface area contributed by atoms with Gasteiger partial charge in [0.05, 0.1) is 4.90 Å². The lowest BCUT2D eigenvalue weighted by Crippen LogP contribution is -2.16. The molecule has 2 atom stereocenters. The second-order valence-corrected chi connectivity index (χ2v) is 7.62. The summed E-state index contributed by atoms with van der Waals surface area (Å²) in [6, 6.07) is 7.75. The zero-order valence-electron chi connectivity index (χ0n) is 11.4. The minimum absolute atomic E-state index is 0.270. The second-order valence-electron chi connectivity index (χ2n) is 5.77. The van der Waals surface area contributed by atoms with Crippen molar-refractivity contribution in [1.29, 1.82) is 0 Å². The molecule has 0 bridgehead atoms. The van der Waals surface area contributed by atoms with E-state index >= 15 is 0 Å². The molecule has 1 aromatic carbocycles. The van der Waals surface area contributed by atoms with Gasteiger partial charge in [-0.15, -0.1) is 0 Å². The van der Waals surface area contributed by atoms with Crippen LogP contribution in [0.3, 0.4) is 0 Å². The molecule has 0 amide bonds. The quantitative estimate of drug-likeness (QED) is 0.780. The molecule has 1 aromatic rings. The van der Waals surface area contributed by atoms with Gasteiger partial charge in [-0.25, -0.2) is 8.42 Å². The van der Waals surface area contributed by atoms with Gasteiger partial charge in [0.25, 0.3) is 0 Å². The molecule has 0 N–H and O–H groups in total. The summed E-state index contributed by atoms with van der Waals surface area (Å²) in [5.74, 6) is 0. The van der Waals surface area contributed by atoms with Crippen molar-refractivity contribution in [2.24, 2.45) is 0 Å². The van der Waals surface area contributed by atoms with E-state index in [2.05, 4.69) is 0 Å². The number of sulfonamides is 1. The third-order valence-electron chi connectivity index (χ3n) is 4.35. The molecule has 0 unspecified atom stereocenters. The van der Waals surface area contributed by atoms with Crippen LogP contribution in [-0.4, -0.2) is 24.8 Å². The summed E-state index contributed by atoms with van der Waals surface area (Å²) in [4.78, 5) is 0.449.